The highest BCUT2D eigenvalue weighted by molar-refractivity contribution is 7.99. The number of nitrogens with one attached hydrogen (secondary N) is 1. The molecule has 1 heterocycles. The Labute approximate surface area is 119 Å². The summed E-state index contributed by atoms with van der Waals surface area (Å²) >= 11 is 1.66. The average molecular weight is 281 g/mol. The first kappa shape index (κ1) is 16.0. The molecule has 0 aliphatic heterocycles. The van der Waals surface area contributed by atoms with E-state index >= 15 is 0 Å². The number of nitrogens with two attached hydrogens (primary N) is 1. The van der Waals surface area contributed by atoms with Crippen LogP contribution in [0.15, 0.2) is 17.2 Å². The van der Waals surface area contributed by atoms with Crippen LogP contribution in [-0.2, 0) is 4.79 Å². The maximum Gasteiger partial charge on any atom is 0.234 e. The van der Waals surface area contributed by atoms with Gasteiger partial charge >= 0.3 is 0 Å². The fraction of sp³-hybridized carbons (Fsp3) is 0.571. The molecule has 1 amide bonds. The largest absolute Gasteiger partial charge is 0.368 e. The normalized spacial score (nSPS) is 12.7. The van der Waals surface area contributed by atoms with Gasteiger partial charge in [-0.05, 0) is 38.0 Å². The lowest BCUT2D eigenvalue weighted by Crippen LogP contribution is -2.44. The van der Waals surface area contributed by atoms with E-state index in [0.29, 0.717) is 6.42 Å². The van der Waals surface area contributed by atoms with Crippen molar-refractivity contribution < 1.29 is 4.79 Å². The maximum atomic E-state index is 11.3. The van der Waals surface area contributed by atoms with Gasteiger partial charge in [0.05, 0.1) is 11.1 Å². The molecule has 0 aliphatic rings. The lowest BCUT2D eigenvalue weighted by Gasteiger charge is -2.17. The first-order valence-corrected chi connectivity index (χ1v) is 7.50. The van der Waals surface area contributed by atoms with Crippen molar-refractivity contribution in [3.63, 3.8) is 0 Å². The fourth-order valence-corrected chi connectivity index (χ4v) is 2.91. The van der Waals surface area contributed by atoms with Crippen LogP contribution in [0.2, 0.25) is 0 Å². The SMILES string of the molecule is Cc1cc(C)nc(SCCC(NC(C)C)C(N)=O)c1. The number of hydrogen-bond donors (Lipinski definition) is 2. The zero-order valence-electron chi connectivity index (χ0n) is 12.1. The maximum absolute atomic E-state index is 11.3. The standard InChI is InChI=1S/C14H23N3OS/c1-9(2)16-12(14(15)18)5-6-19-13-8-10(3)7-11(4)17-13/h7-9,12,16H,5-6H2,1-4H3,(H2,15,18). The Hall–Kier alpha value is -1.07. The monoisotopic (exact) mass is 281 g/mol. The Kier molecular flexibility index (Phi) is 6.31. The van der Waals surface area contributed by atoms with Gasteiger partial charge in [0.1, 0.15) is 0 Å². The van der Waals surface area contributed by atoms with Crippen LogP contribution >= 0.6 is 11.8 Å². The summed E-state index contributed by atoms with van der Waals surface area (Å²) in [4.78, 5) is 15.8. The van der Waals surface area contributed by atoms with Crippen LogP contribution in [0.3, 0.4) is 0 Å². The summed E-state index contributed by atoms with van der Waals surface area (Å²) in [7, 11) is 0. The Balaban J connectivity index is 2.49. The second kappa shape index (κ2) is 7.50. The summed E-state index contributed by atoms with van der Waals surface area (Å²) in [6, 6.07) is 4.10. The molecule has 1 aromatic heterocycles. The molecule has 0 bridgehead atoms. The number of aryl methyl sites for hydroxylation is 2. The molecular formula is C14H23N3OS. The third-order valence-electron chi connectivity index (χ3n) is 2.61. The number of carbonyl (C=O) groups is 1. The minimum Gasteiger partial charge on any atom is -0.368 e. The number of carbonyl (C=O) groups excluding carboxylic acids is 1. The van der Waals surface area contributed by atoms with Gasteiger partial charge in [-0.25, -0.2) is 4.98 Å². The summed E-state index contributed by atoms with van der Waals surface area (Å²) in [5.41, 5.74) is 7.62. The number of hydrogen-bond acceptors (Lipinski definition) is 4. The van der Waals surface area contributed by atoms with Crippen molar-refractivity contribution in [2.24, 2.45) is 5.73 Å². The number of thioether (sulfide) groups is 1. The van der Waals surface area contributed by atoms with E-state index in [1.54, 1.807) is 11.8 Å². The molecule has 0 aliphatic carbocycles. The number of pyridine rings is 1. The predicted molar refractivity (Wildman–Crippen MR) is 80.3 cm³/mol. The van der Waals surface area contributed by atoms with Crippen molar-refractivity contribution in [1.82, 2.24) is 10.3 Å². The van der Waals surface area contributed by atoms with Crippen LogP contribution < -0.4 is 11.1 Å². The minimum absolute atomic E-state index is 0.252. The molecule has 3 N–H and O–H groups in total. The topological polar surface area (TPSA) is 68.0 Å². The van der Waals surface area contributed by atoms with Crippen LogP contribution in [0.4, 0.5) is 0 Å². The molecule has 0 saturated heterocycles. The number of primary amides is 1. The van der Waals surface area contributed by atoms with Crippen LogP contribution in [0, 0.1) is 13.8 Å². The van der Waals surface area contributed by atoms with E-state index in [2.05, 4.69) is 29.4 Å². The Morgan fingerprint density at radius 3 is 2.63 bits per heavy atom. The van der Waals surface area contributed by atoms with Crippen molar-refractivity contribution in [3.8, 4) is 0 Å². The fourth-order valence-electron chi connectivity index (χ4n) is 1.87. The zero-order chi connectivity index (χ0) is 14.4. The summed E-state index contributed by atoms with van der Waals surface area (Å²) in [6.07, 6.45) is 0.715. The van der Waals surface area contributed by atoms with Gasteiger partial charge in [-0.1, -0.05) is 13.8 Å². The Morgan fingerprint density at radius 2 is 2.11 bits per heavy atom. The first-order valence-electron chi connectivity index (χ1n) is 6.52. The van der Waals surface area contributed by atoms with Gasteiger partial charge in [0, 0.05) is 17.5 Å². The second-order valence-corrected chi connectivity index (χ2v) is 6.15. The highest BCUT2D eigenvalue weighted by Gasteiger charge is 2.15. The van der Waals surface area contributed by atoms with E-state index < -0.39 is 0 Å². The minimum atomic E-state index is -0.289. The van der Waals surface area contributed by atoms with Gasteiger partial charge in [0.15, 0.2) is 0 Å². The highest BCUT2D eigenvalue weighted by atomic mass is 32.2. The van der Waals surface area contributed by atoms with Crippen molar-refractivity contribution in [2.75, 3.05) is 5.75 Å². The van der Waals surface area contributed by atoms with Gasteiger partial charge in [0.25, 0.3) is 0 Å². The van der Waals surface area contributed by atoms with E-state index in [9.17, 15) is 4.79 Å². The molecule has 1 unspecified atom stereocenters. The molecular weight excluding hydrogens is 258 g/mol. The molecule has 5 heteroatoms. The van der Waals surface area contributed by atoms with Crippen molar-refractivity contribution >= 4 is 17.7 Å². The zero-order valence-corrected chi connectivity index (χ0v) is 12.9. The molecule has 1 aromatic rings. The van der Waals surface area contributed by atoms with Gasteiger partial charge in [0.2, 0.25) is 5.91 Å². The number of rotatable bonds is 7. The van der Waals surface area contributed by atoms with Crippen LogP contribution in [-0.4, -0.2) is 28.7 Å². The van der Waals surface area contributed by atoms with Gasteiger partial charge in [-0.2, -0.15) is 0 Å². The third-order valence-corrected chi connectivity index (χ3v) is 3.55. The molecule has 0 spiro atoms. The van der Waals surface area contributed by atoms with E-state index in [-0.39, 0.29) is 18.0 Å². The number of nitrogens with zero attached hydrogens (tertiary/aromatic N) is 1. The van der Waals surface area contributed by atoms with Crippen molar-refractivity contribution in [1.29, 1.82) is 0 Å². The Morgan fingerprint density at radius 1 is 1.42 bits per heavy atom. The predicted octanol–water partition coefficient (Wildman–Crippen LogP) is 2.03. The summed E-state index contributed by atoms with van der Waals surface area (Å²) in [5, 5.41) is 4.18. The second-order valence-electron chi connectivity index (χ2n) is 5.04. The van der Waals surface area contributed by atoms with E-state index in [0.717, 1.165) is 16.5 Å². The van der Waals surface area contributed by atoms with Crippen molar-refractivity contribution in [2.45, 2.75) is 51.2 Å². The van der Waals surface area contributed by atoms with Gasteiger partial charge in [-0.3, -0.25) is 4.79 Å². The molecule has 0 saturated carbocycles. The summed E-state index contributed by atoms with van der Waals surface area (Å²) < 4.78 is 0. The Bertz CT molecular complexity index is 414. The van der Waals surface area contributed by atoms with Crippen molar-refractivity contribution in [3.05, 3.63) is 23.4 Å². The molecule has 19 heavy (non-hydrogen) atoms. The lowest BCUT2D eigenvalue weighted by molar-refractivity contribution is -0.120. The average Bonchev–Trinajstić information content (AvgIpc) is 2.25. The molecule has 1 atom stereocenters. The molecule has 0 fully saturated rings. The smallest absolute Gasteiger partial charge is 0.234 e. The molecule has 106 valence electrons. The molecule has 0 radical (unpaired) electrons. The van der Waals surface area contributed by atoms with E-state index in [4.69, 9.17) is 5.73 Å². The van der Waals surface area contributed by atoms with E-state index in [1.807, 2.05) is 20.8 Å². The van der Waals surface area contributed by atoms with Crippen LogP contribution in [0.5, 0.6) is 0 Å². The quantitative estimate of drug-likeness (QED) is 0.750. The summed E-state index contributed by atoms with van der Waals surface area (Å²) in [5.74, 6) is 0.533. The number of aromatic nitrogens is 1. The summed E-state index contributed by atoms with van der Waals surface area (Å²) in [6.45, 7) is 8.07. The van der Waals surface area contributed by atoms with Crippen LogP contribution in [0.25, 0.3) is 0 Å². The van der Waals surface area contributed by atoms with Gasteiger partial charge in [-0.15, -0.1) is 11.8 Å². The van der Waals surface area contributed by atoms with Crippen LogP contribution in [0.1, 0.15) is 31.5 Å². The molecule has 1 rings (SSSR count). The first-order chi connectivity index (χ1) is 8.88. The van der Waals surface area contributed by atoms with E-state index in [1.165, 1.54) is 5.56 Å². The molecule has 4 nitrogen and oxygen atoms in total. The molecule has 0 aromatic carbocycles. The number of amides is 1. The van der Waals surface area contributed by atoms with Gasteiger partial charge < -0.3 is 11.1 Å². The third kappa shape index (κ3) is 6.07. The lowest BCUT2D eigenvalue weighted by atomic mass is 10.2. The highest BCUT2D eigenvalue weighted by Crippen LogP contribution is 2.19.